The third kappa shape index (κ3) is 5.34. The first kappa shape index (κ1) is 43.0. The SMILES string of the molecule is CC1(C)c2ccccc2-c2ccc(-c3cc4c(c5c3oc3ccccc35)-c3ccc(N(c5ccncc5)c5ccc6c(c5)C(C)(C)c5c7c(c8c(oc9ccccc98)c5-6)-c5ccccc5C7(C)C)cc3C4(C)C)cc21. The zero-order valence-electron chi connectivity index (χ0n) is 43.5. The molecule has 0 saturated carbocycles. The molecular formula is C71H54N2O2. The Bertz CT molecular complexity index is 4540. The molecule has 4 nitrogen and oxygen atoms in total. The number of fused-ring (bicyclic) bond motifs is 22. The summed E-state index contributed by atoms with van der Waals surface area (Å²) in [4.78, 5) is 6.95. The van der Waals surface area contributed by atoms with Crippen molar-refractivity contribution < 1.29 is 8.83 Å². The molecule has 4 aliphatic rings. The van der Waals surface area contributed by atoms with E-state index in [2.05, 4.69) is 235 Å². The van der Waals surface area contributed by atoms with Gasteiger partial charge in [0.1, 0.15) is 22.3 Å². The lowest BCUT2D eigenvalue weighted by Gasteiger charge is -2.32. The molecule has 0 fully saturated rings. The van der Waals surface area contributed by atoms with Gasteiger partial charge in [0.05, 0.1) is 0 Å². The Hall–Kier alpha value is -8.47. The van der Waals surface area contributed by atoms with Crippen LogP contribution in [0.1, 0.15) is 99.9 Å². The minimum atomic E-state index is -0.349. The largest absolute Gasteiger partial charge is 0.455 e. The Kier molecular flexibility index (Phi) is 8.15. The van der Waals surface area contributed by atoms with Gasteiger partial charge < -0.3 is 13.7 Å². The zero-order chi connectivity index (χ0) is 50.7. The summed E-state index contributed by atoms with van der Waals surface area (Å²) >= 11 is 0. The van der Waals surface area contributed by atoms with E-state index >= 15 is 0 Å². The number of pyridine rings is 1. The van der Waals surface area contributed by atoms with Crippen LogP contribution in [-0.4, -0.2) is 4.98 Å². The Morgan fingerprint density at radius 3 is 1.52 bits per heavy atom. The van der Waals surface area contributed by atoms with E-state index in [0.29, 0.717) is 0 Å². The molecule has 4 heteroatoms. The molecule has 9 aromatic carbocycles. The summed E-state index contributed by atoms with van der Waals surface area (Å²) in [5, 5.41) is 4.72. The van der Waals surface area contributed by atoms with Crippen LogP contribution in [0.3, 0.4) is 0 Å². The second-order valence-corrected chi connectivity index (χ2v) is 23.8. The zero-order valence-corrected chi connectivity index (χ0v) is 43.5. The second-order valence-electron chi connectivity index (χ2n) is 23.8. The van der Waals surface area contributed by atoms with Crippen LogP contribution in [0, 0.1) is 0 Å². The van der Waals surface area contributed by atoms with Crippen LogP contribution in [0.25, 0.3) is 99.5 Å². The van der Waals surface area contributed by atoms with Gasteiger partial charge in [-0.15, -0.1) is 0 Å². The van der Waals surface area contributed by atoms with Crippen LogP contribution in [0.5, 0.6) is 0 Å². The second kappa shape index (κ2) is 14.2. The summed E-state index contributed by atoms with van der Waals surface area (Å²) in [5.41, 5.74) is 29.3. The van der Waals surface area contributed by atoms with Crippen molar-refractivity contribution in [1.29, 1.82) is 0 Å². The maximum atomic E-state index is 7.05. The fraction of sp³-hybridized carbons (Fsp3) is 0.169. The summed E-state index contributed by atoms with van der Waals surface area (Å²) in [7, 11) is 0. The van der Waals surface area contributed by atoms with E-state index < -0.39 is 0 Å². The quantitative estimate of drug-likeness (QED) is 0.176. The van der Waals surface area contributed by atoms with E-state index in [1.807, 2.05) is 12.4 Å². The number of para-hydroxylation sites is 2. The highest BCUT2D eigenvalue weighted by atomic mass is 16.3. The number of anilines is 3. The highest BCUT2D eigenvalue weighted by Crippen LogP contribution is 2.64. The molecule has 4 aliphatic carbocycles. The van der Waals surface area contributed by atoms with Crippen LogP contribution >= 0.6 is 0 Å². The van der Waals surface area contributed by atoms with Crippen LogP contribution in [0.4, 0.5) is 17.1 Å². The van der Waals surface area contributed by atoms with E-state index in [1.165, 1.54) is 111 Å². The van der Waals surface area contributed by atoms with Gasteiger partial charge >= 0.3 is 0 Å². The smallest absolute Gasteiger partial charge is 0.144 e. The number of rotatable bonds is 4. The van der Waals surface area contributed by atoms with Gasteiger partial charge in [0.25, 0.3) is 0 Å². The molecule has 0 unspecified atom stereocenters. The van der Waals surface area contributed by atoms with Crippen molar-refractivity contribution in [3.8, 4) is 55.6 Å². The Morgan fingerprint density at radius 2 is 0.827 bits per heavy atom. The average molecular weight is 967 g/mol. The monoisotopic (exact) mass is 966 g/mol. The number of furan rings is 2. The number of benzene rings is 9. The Morgan fingerprint density at radius 1 is 0.347 bits per heavy atom. The normalized spacial score (nSPS) is 16.2. The van der Waals surface area contributed by atoms with Gasteiger partial charge in [-0.05, 0) is 150 Å². The lowest BCUT2D eigenvalue weighted by Crippen LogP contribution is -2.24. The lowest BCUT2D eigenvalue weighted by atomic mass is 9.72. The molecule has 3 heterocycles. The van der Waals surface area contributed by atoms with Crippen LogP contribution in [0.2, 0.25) is 0 Å². The van der Waals surface area contributed by atoms with Crippen LogP contribution in [-0.2, 0) is 21.7 Å². The third-order valence-corrected chi connectivity index (χ3v) is 18.5. The van der Waals surface area contributed by atoms with Crippen molar-refractivity contribution in [2.75, 3.05) is 4.90 Å². The fourth-order valence-electron chi connectivity index (χ4n) is 14.9. The van der Waals surface area contributed by atoms with Gasteiger partial charge in [0.15, 0.2) is 0 Å². The molecular weight excluding hydrogens is 913 g/mol. The van der Waals surface area contributed by atoms with Crippen molar-refractivity contribution in [1.82, 2.24) is 4.98 Å². The van der Waals surface area contributed by atoms with Crippen molar-refractivity contribution in [2.24, 2.45) is 0 Å². The topological polar surface area (TPSA) is 42.4 Å². The molecule has 16 rings (SSSR count). The number of aromatic nitrogens is 1. The molecule has 12 aromatic rings. The maximum absolute atomic E-state index is 7.05. The van der Waals surface area contributed by atoms with Crippen molar-refractivity contribution in [2.45, 2.75) is 77.0 Å². The highest BCUT2D eigenvalue weighted by molar-refractivity contribution is 6.21. The number of hydrogen-bond donors (Lipinski definition) is 0. The minimum absolute atomic E-state index is 0.124. The highest BCUT2D eigenvalue weighted by Gasteiger charge is 2.49. The first-order chi connectivity index (χ1) is 36.2. The van der Waals surface area contributed by atoms with E-state index in [0.717, 1.165) is 50.3 Å². The van der Waals surface area contributed by atoms with Crippen molar-refractivity contribution >= 4 is 60.9 Å². The van der Waals surface area contributed by atoms with Gasteiger partial charge in [0, 0.05) is 83.8 Å². The van der Waals surface area contributed by atoms with E-state index in [1.54, 1.807) is 0 Å². The van der Waals surface area contributed by atoms with Gasteiger partial charge in [-0.1, -0.05) is 165 Å². The van der Waals surface area contributed by atoms with Gasteiger partial charge in [0.2, 0.25) is 0 Å². The van der Waals surface area contributed by atoms with Gasteiger partial charge in [-0.2, -0.15) is 0 Å². The Balaban J connectivity index is 0.878. The van der Waals surface area contributed by atoms with Crippen molar-refractivity contribution in [3.05, 3.63) is 227 Å². The molecule has 0 saturated heterocycles. The third-order valence-electron chi connectivity index (χ3n) is 18.5. The summed E-state index contributed by atoms with van der Waals surface area (Å²) in [6.07, 6.45) is 3.82. The first-order valence-corrected chi connectivity index (χ1v) is 26.6. The first-order valence-electron chi connectivity index (χ1n) is 26.6. The molecule has 0 radical (unpaired) electrons. The summed E-state index contributed by atoms with van der Waals surface area (Å²) in [6, 6.07) is 63.2. The molecule has 0 amide bonds. The summed E-state index contributed by atoms with van der Waals surface area (Å²) in [6.45, 7) is 19.2. The summed E-state index contributed by atoms with van der Waals surface area (Å²) < 4.78 is 14.1. The van der Waals surface area contributed by atoms with Gasteiger partial charge in [-0.3, -0.25) is 4.98 Å². The molecule has 360 valence electrons. The Labute approximate surface area is 436 Å². The van der Waals surface area contributed by atoms with E-state index in [9.17, 15) is 0 Å². The molecule has 3 aromatic heterocycles. The predicted octanol–water partition coefficient (Wildman–Crippen LogP) is 19.2. The van der Waals surface area contributed by atoms with Gasteiger partial charge in [-0.25, -0.2) is 0 Å². The van der Waals surface area contributed by atoms with Crippen LogP contribution in [0.15, 0.2) is 191 Å². The maximum Gasteiger partial charge on any atom is 0.144 e. The minimum Gasteiger partial charge on any atom is -0.455 e. The van der Waals surface area contributed by atoms with Crippen molar-refractivity contribution in [3.63, 3.8) is 0 Å². The molecule has 0 spiro atoms. The molecule has 0 N–H and O–H groups in total. The standard InChI is InChI=1S/C71H54N2O2/c1-68(2)51-21-13-9-17-43(51)44-28-25-39(35-53(44)68)50-38-56-59(61-48-19-11-15-23-57(48)74-66(50)61)46-29-26-41(36-54(46)69(56,3)4)73(40-31-33-72-34-32-40)42-27-30-47-55(37-42)71(7,8)65-63(47)67-62(49-20-12-16-24-58(49)75-67)60-45-18-10-14-22-52(45)70(5,6)64(60)65/h9-38H,1-8H3. The number of hydrogen-bond acceptors (Lipinski definition) is 4. The summed E-state index contributed by atoms with van der Waals surface area (Å²) in [5.74, 6) is 0. The fourth-order valence-corrected chi connectivity index (χ4v) is 14.9. The molecule has 0 bridgehead atoms. The predicted molar refractivity (Wildman–Crippen MR) is 309 cm³/mol. The van der Waals surface area contributed by atoms with Crippen LogP contribution < -0.4 is 4.90 Å². The molecule has 0 aliphatic heterocycles. The lowest BCUT2D eigenvalue weighted by molar-refractivity contribution is 0.600. The van der Waals surface area contributed by atoms with E-state index in [-0.39, 0.29) is 21.7 Å². The average Bonchev–Trinajstić information content (AvgIpc) is 4.24. The number of nitrogens with zero attached hydrogens (tertiary/aromatic N) is 2. The van der Waals surface area contributed by atoms with E-state index in [4.69, 9.17) is 8.83 Å². The molecule has 75 heavy (non-hydrogen) atoms. The molecule has 0 atom stereocenters.